The molecule has 0 heterocycles. The number of phenolic OH excluding ortho intramolecular Hbond substituents is 1. The number of nitrogens with one attached hydrogen (secondary N) is 1. The molecule has 0 aliphatic heterocycles. The van der Waals surface area contributed by atoms with Gasteiger partial charge in [-0.05, 0) is 38.7 Å². The molecule has 4 heteroatoms. The minimum absolute atomic E-state index is 0.0992. The van der Waals surface area contributed by atoms with Gasteiger partial charge in [0, 0.05) is 28.7 Å². The van der Waals surface area contributed by atoms with Crippen LogP contribution >= 0.6 is 11.6 Å². The quantitative estimate of drug-likeness (QED) is 0.862. The third-order valence-corrected chi connectivity index (χ3v) is 3.89. The minimum atomic E-state index is 0.0992. The molecule has 3 nitrogen and oxygen atoms in total. The second-order valence-corrected chi connectivity index (χ2v) is 5.90. The smallest absolute Gasteiger partial charge is 0.162 e. The van der Waals surface area contributed by atoms with Crippen LogP contribution in [0.2, 0.25) is 5.02 Å². The summed E-state index contributed by atoms with van der Waals surface area (Å²) in [5.74, 6) is 1.32. The third-order valence-electron chi connectivity index (χ3n) is 3.67. The monoisotopic (exact) mass is 269 g/mol. The Morgan fingerprint density at radius 1 is 1.44 bits per heavy atom. The second-order valence-electron chi connectivity index (χ2n) is 5.47. The first-order valence-electron chi connectivity index (χ1n) is 6.24. The number of halogens is 1. The lowest BCUT2D eigenvalue weighted by molar-refractivity contribution is 0.332. The van der Waals surface area contributed by atoms with Crippen LogP contribution in [-0.4, -0.2) is 17.8 Å². The van der Waals surface area contributed by atoms with E-state index >= 15 is 0 Å². The molecule has 2 N–H and O–H groups in total. The summed E-state index contributed by atoms with van der Waals surface area (Å²) in [6.45, 7) is 4.99. The number of rotatable bonds is 5. The van der Waals surface area contributed by atoms with Crippen LogP contribution in [-0.2, 0) is 6.54 Å². The number of phenols is 1. The van der Waals surface area contributed by atoms with Gasteiger partial charge in [0.1, 0.15) is 0 Å². The number of ether oxygens (including phenoxy) is 1. The average molecular weight is 270 g/mol. The molecule has 0 spiro atoms. The number of methoxy groups -OCH3 is 1. The van der Waals surface area contributed by atoms with Crippen molar-refractivity contribution in [3.8, 4) is 11.5 Å². The molecule has 1 saturated carbocycles. The van der Waals surface area contributed by atoms with E-state index in [9.17, 15) is 5.11 Å². The van der Waals surface area contributed by atoms with Gasteiger partial charge in [-0.15, -0.1) is 0 Å². The fraction of sp³-hybridized carbons (Fsp3) is 0.571. The summed E-state index contributed by atoms with van der Waals surface area (Å²) >= 11 is 6.01. The first kappa shape index (κ1) is 13.5. The zero-order valence-electron chi connectivity index (χ0n) is 11.1. The highest BCUT2D eigenvalue weighted by Crippen LogP contribution is 2.40. The Kier molecular flexibility index (Phi) is 3.74. The molecule has 18 heavy (non-hydrogen) atoms. The molecule has 0 radical (unpaired) electrons. The standard InChI is InChI=1S/C14H20ClNO2/c1-14(2,10-4-5-10)16-8-9-6-11(15)7-12(18-3)13(9)17/h6-7,10,16-17H,4-5,8H2,1-3H3. The van der Waals surface area contributed by atoms with E-state index in [4.69, 9.17) is 16.3 Å². The topological polar surface area (TPSA) is 41.5 Å². The number of aromatic hydroxyl groups is 1. The predicted molar refractivity (Wildman–Crippen MR) is 73.3 cm³/mol. The summed E-state index contributed by atoms with van der Waals surface area (Å²) in [7, 11) is 1.52. The van der Waals surface area contributed by atoms with Gasteiger partial charge in [-0.25, -0.2) is 0 Å². The van der Waals surface area contributed by atoms with Crippen LogP contribution in [0, 0.1) is 5.92 Å². The van der Waals surface area contributed by atoms with E-state index in [0.717, 1.165) is 11.5 Å². The van der Waals surface area contributed by atoms with Crippen molar-refractivity contribution in [2.75, 3.05) is 7.11 Å². The Morgan fingerprint density at radius 2 is 2.11 bits per heavy atom. The molecule has 0 bridgehead atoms. The van der Waals surface area contributed by atoms with E-state index in [2.05, 4.69) is 19.2 Å². The van der Waals surface area contributed by atoms with E-state index in [0.29, 0.717) is 17.3 Å². The van der Waals surface area contributed by atoms with Crippen molar-refractivity contribution in [3.63, 3.8) is 0 Å². The third kappa shape index (κ3) is 2.90. The molecule has 2 rings (SSSR count). The molecule has 1 aromatic carbocycles. The SMILES string of the molecule is COc1cc(Cl)cc(CNC(C)(C)C2CC2)c1O. The highest BCUT2D eigenvalue weighted by molar-refractivity contribution is 6.30. The molecule has 0 amide bonds. The largest absolute Gasteiger partial charge is 0.504 e. The van der Waals surface area contributed by atoms with Crippen LogP contribution in [0.5, 0.6) is 11.5 Å². The Morgan fingerprint density at radius 3 is 2.67 bits per heavy atom. The highest BCUT2D eigenvalue weighted by Gasteiger charge is 2.37. The fourth-order valence-corrected chi connectivity index (χ4v) is 2.42. The van der Waals surface area contributed by atoms with Gasteiger partial charge in [0.25, 0.3) is 0 Å². The molecule has 1 aliphatic rings. The van der Waals surface area contributed by atoms with Crippen molar-refractivity contribution in [3.05, 3.63) is 22.7 Å². The normalized spacial score (nSPS) is 15.8. The van der Waals surface area contributed by atoms with E-state index in [1.54, 1.807) is 12.1 Å². The summed E-state index contributed by atoms with van der Waals surface area (Å²) in [5.41, 5.74) is 0.871. The summed E-state index contributed by atoms with van der Waals surface area (Å²) in [6.07, 6.45) is 2.57. The molecule has 100 valence electrons. The maximum absolute atomic E-state index is 10.0. The van der Waals surface area contributed by atoms with Crippen molar-refractivity contribution in [1.82, 2.24) is 5.32 Å². The maximum Gasteiger partial charge on any atom is 0.162 e. The van der Waals surface area contributed by atoms with Crippen LogP contribution in [0.4, 0.5) is 0 Å². The van der Waals surface area contributed by atoms with Gasteiger partial charge in [-0.3, -0.25) is 0 Å². The van der Waals surface area contributed by atoms with Gasteiger partial charge in [0.2, 0.25) is 0 Å². The van der Waals surface area contributed by atoms with Gasteiger partial charge in [-0.2, -0.15) is 0 Å². The van der Waals surface area contributed by atoms with Gasteiger partial charge >= 0.3 is 0 Å². The van der Waals surface area contributed by atoms with Crippen molar-refractivity contribution in [2.24, 2.45) is 5.92 Å². The van der Waals surface area contributed by atoms with Gasteiger partial charge in [0.15, 0.2) is 11.5 Å². The second kappa shape index (κ2) is 4.98. The molecule has 0 atom stereocenters. The summed E-state index contributed by atoms with van der Waals surface area (Å²) in [4.78, 5) is 0. The molecular weight excluding hydrogens is 250 g/mol. The first-order chi connectivity index (χ1) is 8.44. The predicted octanol–water partition coefficient (Wildman–Crippen LogP) is 3.33. The van der Waals surface area contributed by atoms with Gasteiger partial charge < -0.3 is 15.2 Å². The van der Waals surface area contributed by atoms with E-state index < -0.39 is 0 Å². The van der Waals surface area contributed by atoms with Crippen LogP contribution < -0.4 is 10.1 Å². The fourth-order valence-electron chi connectivity index (χ4n) is 2.19. The maximum atomic E-state index is 10.0. The van der Waals surface area contributed by atoms with E-state index in [1.807, 2.05) is 0 Å². The molecule has 0 aromatic heterocycles. The van der Waals surface area contributed by atoms with Crippen molar-refractivity contribution >= 4 is 11.6 Å². The lowest BCUT2D eigenvalue weighted by Gasteiger charge is -2.26. The zero-order chi connectivity index (χ0) is 13.3. The van der Waals surface area contributed by atoms with Gasteiger partial charge in [0.05, 0.1) is 7.11 Å². The van der Waals surface area contributed by atoms with Crippen molar-refractivity contribution in [1.29, 1.82) is 0 Å². The minimum Gasteiger partial charge on any atom is -0.504 e. The number of hydrogen-bond donors (Lipinski definition) is 2. The lowest BCUT2D eigenvalue weighted by Crippen LogP contribution is -2.40. The molecule has 1 aliphatic carbocycles. The van der Waals surface area contributed by atoms with Crippen molar-refractivity contribution < 1.29 is 9.84 Å². The zero-order valence-corrected chi connectivity index (χ0v) is 11.8. The molecule has 0 saturated heterocycles. The van der Waals surface area contributed by atoms with Crippen LogP contribution in [0.1, 0.15) is 32.3 Å². The van der Waals surface area contributed by atoms with E-state index in [1.165, 1.54) is 20.0 Å². The molecular formula is C14H20ClNO2. The van der Waals surface area contributed by atoms with Crippen molar-refractivity contribution in [2.45, 2.75) is 38.8 Å². The molecule has 1 aromatic rings. The number of benzene rings is 1. The molecule has 1 fully saturated rings. The first-order valence-corrected chi connectivity index (χ1v) is 6.62. The Hall–Kier alpha value is -0.930. The average Bonchev–Trinajstić information content (AvgIpc) is 3.14. The van der Waals surface area contributed by atoms with Crippen LogP contribution in [0.15, 0.2) is 12.1 Å². The Balaban J connectivity index is 2.11. The molecule has 0 unspecified atom stereocenters. The highest BCUT2D eigenvalue weighted by atomic mass is 35.5. The number of hydrogen-bond acceptors (Lipinski definition) is 3. The Labute approximate surface area is 113 Å². The van der Waals surface area contributed by atoms with Crippen LogP contribution in [0.3, 0.4) is 0 Å². The Bertz CT molecular complexity index is 442. The summed E-state index contributed by atoms with van der Waals surface area (Å²) in [6, 6.07) is 3.39. The van der Waals surface area contributed by atoms with Crippen LogP contribution in [0.25, 0.3) is 0 Å². The van der Waals surface area contributed by atoms with E-state index in [-0.39, 0.29) is 11.3 Å². The summed E-state index contributed by atoms with van der Waals surface area (Å²) in [5, 5.41) is 14.1. The summed E-state index contributed by atoms with van der Waals surface area (Å²) < 4.78 is 5.10. The van der Waals surface area contributed by atoms with Gasteiger partial charge in [-0.1, -0.05) is 11.6 Å². The lowest BCUT2D eigenvalue weighted by atomic mass is 9.98.